The van der Waals surface area contributed by atoms with Crippen LogP contribution in [-0.2, 0) is 6.42 Å². The Labute approximate surface area is 116 Å². The lowest BCUT2D eigenvalue weighted by Crippen LogP contribution is -2.12. The zero-order valence-corrected chi connectivity index (χ0v) is 11.0. The molecule has 0 radical (unpaired) electrons. The number of hydrogen-bond donors (Lipinski definition) is 1. The summed E-state index contributed by atoms with van der Waals surface area (Å²) in [4.78, 5) is 4.44. The molecule has 2 aromatic rings. The minimum absolute atomic E-state index is 0.0139. The van der Waals surface area contributed by atoms with Gasteiger partial charge in [-0.05, 0) is 30.9 Å². The normalized spacial score (nSPS) is 28.4. The Hall–Kier alpha value is -1.88. The summed E-state index contributed by atoms with van der Waals surface area (Å²) in [5.41, 5.74) is 1.17. The monoisotopic (exact) mass is 272 g/mol. The summed E-state index contributed by atoms with van der Waals surface area (Å²) in [6.45, 7) is 0. The molecule has 1 aromatic carbocycles. The van der Waals surface area contributed by atoms with E-state index in [1.54, 1.807) is 0 Å². The molecule has 4 rings (SSSR count). The number of aliphatic hydroxyl groups is 1. The highest BCUT2D eigenvalue weighted by Crippen LogP contribution is 2.37. The fourth-order valence-corrected chi connectivity index (χ4v) is 3.08. The SMILES string of the molecule is OC1CCCC1c1nc(C2Cc3ccccc3O2)no1. The Morgan fingerprint density at radius 3 is 2.90 bits per heavy atom. The van der Waals surface area contributed by atoms with Gasteiger partial charge in [0.05, 0.1) is 12.0 Å². The molecule has 0 spiro atoms. The number of rotatable bonds is 2. The van der Waals surface area contributed by atoms with E-state index in [0.29, 0.717) is 11.7 Å². The molecular formula is C15H16N2O3. The van der Waals surface area contributed by atoms with Crippen LogP contribution in [0.3, 0.4) is 0 Å². The van der Waals surface area contributed by atoms with Crippen LogP contribution in [0.15, 0.2) is 28.8 Å². The molecule has 0 saturated heterocycles. The fourth-order valence-electron chi connectivity index (χ4n) is 3.08. The van der Waals surface area contributed by atoms with Crippen LogP contribution in [0.5, 0.6) is 5.75 Å². The van der Waals surface area contributed by atoms with Crippen molar-refractivity contribution in [3.63, 3.8) is 0 Å². The highest BCUT2D eigenvalue weighted by molar-refractivity contribution is 5.37. The van der Waals surface area contributed by atoms with Gasteiger partial charge in [-0.3, -0.25) is 0 Å². The predicted molar refractivity (Wildman–Crippen MR) is 70.4 cm³/mol. The quantitative estimate of drug-likeness (QED) is 0.909. The standard InChI is InChI=1S/C15H16N2O3/c18-11-6-3-5-10(11)15-16-14(17-20-15)13-8-9-4-1-2-7-12(9)19-13/h1-2,4,7,10-11,13,18H,3,5-6,8H2. The van der Waals surface area contributed by atoms with Crippen molar-refractivity contribution in [3.8, 4) is 5.75 Å². The average molecular weight is 272 g/mol. The van der Waals surface area contributed by atoms with Gasteiger partial charge in [0, 0.05) is 6.42 Å². The molecule has 1 N–H and O–H groups in total. The van der Waals surface area contributed by atoms with Crippen molar-refractivity contribution in [2.75, 3.05) is 0 Å². The molecule has 5 heteroatoms. The van der Waals surface area contributed by atoms with Gasteiger partial charge < -0.3 is 14.4 Å². The number of ether oxygens (including phenoxy) is 1. The molecule has 1 aromatic heterocycles. The minimum Gasteiger partial charge on any atom is -0.482 e. The molecule has 0 bridgehead atoms. The summed E-state index contributed by atoms with van der Waals surface area (Å²) in [7, 11) is 0. The summed E-state index contributed by atoms with van der Waals surface area (Å²) in [5.74, 6) is 2.00. The van der Waals surface area contributed by atoms with E-state index in [2.05, 4.69) is 16.2 Å². The Balaban J connectivity index is 1.55. The Morgan fingerprint density at radius 1 is 1.20 bits per heavy atom. The van der Waals surface area contributed by atoms with E-state index in [1.165, 1.54) is 5.56 Å². The van der Waals surface area contributed by atoms with E-state index in [4.69, 9.17) is 9.26 Å². The highest BCUT2D eigenvalue weighted by Gasteiger charge is 2.34. The summed E-state index contributed by atoms with van der Waals surface area (Å²) >= 11 is 0. The minimum atomic E-state index is -0.356. The maximum absolute atomic E-state index is 9.90. The van der Waals surface area contributed by atoms with Gasteiger partial charge in [-0.1, -0.05) is 23.4 Å². The molecule has 3 unspecified atom stereocenters. The van der Waals surface area contributed by atoms with E-state index in [1.807, 2.05) is 18.2 Å². The van der Waals surface area contributed by atoms with Crippen LogP contribution in [0.2, 0.25) is 0 Å². The summed E-state index contributed by atoms with van der Waals surface area (Å²) in [6.07, 6.45) is 2.97. The lowest BCUT2D eigenvalue weighted by molar-refractivity contribution is 0.147. The van der Waals surface area contributed by atoms with Crippen molar-refractivity contribution in [1.82, 2.24) is 10.1 Å². The zero-order chi connectivity index (χ0) is 13.5. The first kappa shape index (κ1) is 11.9. The maximum Gasteiger partial charge on any atom is 0.232 e. The number of para-hydroxylation sites is 1. The molecule has 20 heavy (non-hydrogen) atoms. The second-order valence-electron chi connectivity index (χ2n) is 5.51. The molecule has 1 saturated carbocycles. The molecule has 104 valence electrons. The average Bonchev–Trinajstić information content (AvgIpc) is 3.15. The first-order valence-electron chi connectivity index (χ1n) is 7.07. The molecule has 1 fully saturated rings. The highest BCUT2D eigenvalue weighted by atomic mass is 16.5. The van der Waals surface area contributed by atoms with E-state index in [-0.39, 0.29) is 18.1 Å². The number of fused-ring (bicyclic) bond motifs is 1. The van der Waals surface area contributed by atoms with Crippen LogP contribution in [0.25, 0.3) is 0 Å². The second-order valence-corrected chi connectivity index (χ2v) is 5.51. The zero-order valence-electron chi connectivity index (χ0n) is 11.0. The van der Waals surface area contributed by atoms with Gasteiger partial charge in [0.1, 0.15) is 5.75 Å². The third-order valence-corrected chi connectivity index (χ3v) is 4.19. The lowest BCUT2D eigenvalue weighted by Gasteiger charge is -2.08. The number of aromatic nitrogens is 2. The van der Waals surface area contributed by atoms with Crippen LogP contribution in [0, 0.1) is 0 Å². The number of nitrogens with zero attached hydrogens (tertiary/aromatic N) is 2. The summed E-state index contributed by atoms with van der Waals surface area (Å²) in [5, 5.41) is 13.9. The van der Waals surface area contributed by atoms with Gasteiger partial charge in [-0.2, -0.15) is 4.98 Å². The molecule has 3 atom stereocenters. The first-order chi connectivity index (χ1) is 9.81. The molecule has 0 amide bonds. The number of benzene rings is 1. The predicted octanol–water partition coefficient (Wildman–Crippen LogP) is 2.37. The van der Waals surface area contributed by atoms with E-state index in [0.717, 1.165) is 31.4 Å². The van der Waals surface area contributed by atoms with E-state index in [9.17, 15) is 5.11 Å². The van der Waals surface area contributed by atoms with Gasteiger partial charge in [-0.15, -0.1) is 0 Å². The Bertz CT molecular complexity index is 600. The molecule has 5 nitrogen and oxygen atoms in total. The van der Waals surface area contributed by atoms with Crippen molar-refractivity contribution in [2.45, 2.75) is 43.8 Å². The van der Waals surface area contributed by atoms with E-state index < -0.39 is 0 Å². The largest absolute Gasteiger partial charge is 0.482 e. The lowest BCUT2D eigenvalue weighted by atomic mass is 10.1. The fraction of sp³-hybridized carbons (Fsp3) is 0.467. The number of aliphatic hydroxyl groups excluding tert-OH is 1. The third kappa shape index (κ3) is 1.89. The third-order valence-electron chi connectivity index (χ3n) is 4.19. The molecule has 2 heterocycles. The van der Waals surface area contributed by atoms with E-state index >= 15 is 0 Å². The van der Waals surface area contributed by atoms with Crippen molar-refractivity contribution < 1.29 is 14.4 Å². The summed E-state index contributed by atoms with van der Waals surface area (Å²) in [6, 6.07) is 7.97. The summed E-state index contributed by atoms with van der Waals surface area (Å²) < 4.78 is 11.2. The number of hydrogen-bond acceptors (Lipinski definition) is 5. The molecule has 2 aliphatic rings. The van der Waals surface area contributed by atoms with Gasteiger partial charge >= 0.3 is 0 Å². The van der Waals surface area contributed by atoms with Gasteiger partial charge in [0.15, 0.2) is 6.10 Å². The van der Waals surface area contributed by atoms with Gasteiger partial charge in [0.25, 0.3) is 0 Å². The molecule has 1 aliphatic heterocycles. The van der Waals surface area contributed by atoms with Crippen molar-refractivity contribution in [1.29, 1.82) is 0 Å². The van der Waals surface area contributed by atoms with Crippen LogP contribution in [-0.4, -0.2) is 21.4 Å². The maximum atomic E-state index is 9.90. The van der Waals surface area contributed by atoms with Crippen molar-refractivity contribution in [3.05, 3.63) is 41.5 Å². The molecule has 1 aliphatic carbocycles. The van der Waals surface area contributed by atoms with Crippen LogP contribution in [0.1, 0.15) is 48.6 Å². The van der Waals surface area contributed by atoms with Crippen LogP contribution < -0.4 is 4.74 Å². The van der Waals surface area contributed by atoms with Crippen LogP contribution in [0.4, 0.5) is 0 Å². The van der Waals surface area contributed by atoms with Gasteiger partial charge in [0.2, 0.25) is 11.7 Å². The van der Waals surface area contributed by atoms with Gasteiger partial charge in [-0.25, -0.2) is 0 Å². The molecular weight excluding hydrogens is 256 g/mol. The first-order valence-corrected chi connectivity index (χ1v) is 7.07. The smallest absolute Gasteiger partial charge is 0.232 e. The van der Waals surface area contributed by atoms with Crippen molar-refractivity contribution in [2.24, 2.45) is 0 Å². The van der Waals surface area contributed by atoms with Crippen molar-refractivity contribution >= 4 is 0 Å². The Kier molecular flexibility index (Phi) is 2.73. The van der Waals surface area contributed by atoms with Crippen LogP contribution >= 0.6 is 0 Å². The topological polar surface area (TPSA) is 68.4 Å². The Morgan fingerprint density at radius 2 is 2.10 bits per heavy atom. The second kappa shape index (κ2) is 4.59.